The largest absolute Gasteiger partial charge is 0.346 e. The number of rotatable bonds is 3. The first-order valence-electron chi connectivity index (χ1n) is 6.55. The Morgan fingerprint density at radius 2 is 2.39 bits per heavy atom. The molecule has 1 aromatic rings. The van der Waals surface area contributed by atoms with Crippen LogP contribution in [0.3, 0.4) is 0 Å². The average molecular weight is 267 g/mol. The minimum absolute atomic E-state index is 0.0429. The number of carbonyl (C=O) groups excluding carboxylic acids is 1. The Morgan fingerprint density at radius 3 is 3.00 bits per heavy atom. The fourth-order valence-corrected chi connectivity index (χ4v) is 2.90. The second kappa shape index (κ2) is 5.80. The van der Waals surface area contributed by atoms with Crippen molar-refractivity contribution in [3.8, 4) is 0 Å². The van der Waals surface area contributed by atoms with E-state index in [1.54, 1.807) is 11.3 Å². The van der Waals surface area contributed by atoms with Crippen LogP contribution in [0.4, 0.5) is 0 Å². The first kappa shape index (κ1) is 13.5. The predicted octanol–water partition coefficient (Wildman–Crippen LogP) is 1.99. The zero-order valence-corrected chi connectivity index (χ0v) is 12.0. The molecule has 0 aliphatic carbocycles. The third-order valence-corrected chi connectivity index (χ3v) is 4.54. The average Bonchev–Trinajstić information content (AvgIpc) is 2.81. The quantitative estimate of drug-likeness (QED) is 0.880. The summed E-state index contributed by atoms with van der Waals surface area (Å²) in [5.74, 6) is 0.865. The van der Waals surface area contributed by atoms with Crippen molar-refractivity contribution >= 4 is 17.2 Å². The van der Waals surface area contributed by atoms with E-state index in [2.05, 4.69) is 36.4 Å². The first-order valence-corrected chi connectivity index (χ1v) is 7.43. The number of aromatic nitrogens is 1. The zero-order chi connectivity index (χ0) is 13.1. The Balaban J connectivity index is 1.98. The molecule has 2 N–H and O–H groups in total. The van der Waals surface area contributed by atoms with Crippen LogP contribution in [0.2, 0.25) is 0 Å². The number of nitrogens with zero attached hydrogens (tertiary/aromatic N) is 1. The molecule has 4 nitrogen and oxygen atoms in total. The number of carbonyl (C=O) groups is 1. The van der Waals surface area contributed by atoms with Crippen LogP contribution in [0, 0.1) is 5.92 Å². The second-order valence-corrected chi connectivity index (χ2v) is 6.17. The molecule has 0 radical (unpaired) electrons. The fraction of sp³-hybridized carbons (Fsp3) is 0.692. The summed E-state index contributed by atoms with van der Waals surface area (Å²) in [5, 5.41) is 9.27. The molecule has 1 fully saturated rings. The summed E-state index contributed by atoms with van der Waals surface area (Å²) < 4.78 is 0. The third-order valence-electron chi connectivity index (χ3n) is 3.39. The Bertz CT molecular complexity index is 416. The number of piperidine rings is 1. The molecule has 0 aromatic carbocycles. The van der Waals surface area contributed by atoms with Gasteiger partial charge in [-0.25, -0.2) is 4.98 Å². The summed E-state index contributed by atoms with van der Waals surface area (Å²) in [4.78, 5) is 16.5. The molecule has 0 bridgehead atoms. The van der Waals surface area contributed by atoms with Crippen LogP contribution in [0.25, 0.3) is 0 Å². The monoisotopic (exact) mass is 267 g/mol. The minimum atomic E-state index is -0.0429. The van der Waals surface area contributed by atoms with Crippen molar-refractivity contribution in [2.75, 3.05) is 13.1 Å². The maximum Gasteiger partial charge on any atom is 0.271 e. The molecule has 1 aliphatic heterocycles. The van der Waals surface area contributed by atoms with Gasteiger partial charge in [-0.1, -0.05) is 20.8 Å². The van der Waals surface area contributed by atoms with Gasteiger partial charge in [-0.3, -0.25) is 4.79 Å². The molecular formula is C13H21N3OS. The van der Waals surface area contributed by atoms with Crippen molar-refractivity contribution < 1.29 is 4.79 Å². The van der Waals surface area contributed by atoms with Crippen molar-refractivity contribution in [1.29, 1.82) is 0 Å². The van der Waals surface area contributed by atoms with Gasteiger partial charge >= 0.3 is 0 Å². The summed E-state index contributed by atoms with van der Waals surface area (Å²) in [5.41, 5.74) is 0.557. The molecule has 2 unspecified atom stereocenters. The van der Waals surface area contributed by atoms with Crippen LogP contribution in [-0.2, 0) is 0 Å². The minimum Gasteiger partial charge on any atom is -0.346 e. The van der Waals surface area contributed by atoms with Crippen molar-refractivity contribution in [3.05, 3.63) is 16.1 Å². The summed E-state index contributed by atoms with van der Waals surface area (Å²) in [6.45, 7) is 8.27. The van der Waals surface area contributed by atoms with Gasteiger partial charge in [0.2, 0.25) is 0 Å². The molecule has 0 saturated carbocycles. The van der Waals surface area contributed by atoms with Crippen LogP contribution < -0.4 is 10.6 Å². The predicted molar refractivity (Wildman–Crippen MR) is 74.1 cm³/mol. The lowest BCUT2D eigenvalue weighted by Crippen LogP contribution is -2.50. The zero-order valence-electron chi connectivity index (χ0n) is 11.2. The lowest BCUT2D eigenvalue weighted by Gasteiger charge is -2.29. The van der Waals surface area contributed by atoms with Crippen molar-refractivity contribution in [1.82, 2.24) is 15.6 Å². The Kier molecular flexibility index (Phi) is 4.35. The number of nitrogens with one attached hydrogen (secondary N) is 2. The molecule has 2 rings (SSSR count). The van der Waals surface area contributed by atoms with Crippen LogP contribution in [0.15, 0.2) is 5.38 Å². The lowest BCUT2D eigenvalue weighted by molar-refractivity contribution is 0.0910. The van der Waals surface area contributed by atoms with Crippen molar-refractivity contribution in [2.24, 2.45) is 5.92 Å². The highest BCUT2D eigenvalue weighted by atomic mass is 32.1. The second-order valence-electron chi connectivity index (χ2n) is 5.28. The van der Waals surface area contributed by atoms with Crippen LogP contribution in [0.1, 0.15) is 48.6 Å². The molecule has 5 heteroatoms. The Hall–Kier alpha value is -0.940. The maximum absolute atomic E-state index is 12.1. The Labute approximate surface area is 112 Å². The van der Waals surface area contributed by atoms with E-state index in [4.69, 9.17) is 0 Å². The number of hydrogen-bond acceptors (Lipinski definition) is 4. The van der Waals surface area contributed by atoms with Crippen molar-refractivity contribution in [3.63, 3.8) is 0 Å². The van der Waals surface area contributed by atoms with Gasteiger partial charge in [-0.05, 0) is 18.9 Å². The molecule has 0 spiro atoms. The highest BCUT2D eigenvalue weighted by Gasteiger charge is 2.24. The fourth-order valence-electron chi connectivity index (χ4n) is 2.08. The van der Waals surface area contributed by atoms with E-state index in [-0.39, 0.29) is 11.9 Å². The van der Waals surface area contributed by atoms with E-state index in [1.807, 2.05) is 5.38 Å². The number of amides is 1. The lowest BCUT2D eigenvalue weighted by atomic mass is 9.95. The molecule has 2 atom stereocenters. The molecule has 1 saturated heterocycles. The summed E-state index contributed by atoms with van der Waals surface area (Å²) in [6, 6.07) is 0.218. The van der Waals surface area contributed by atoms with Crippen molar-refractivity contribution in [2.45, 2.75) is 39.2 Å². The van der Waals surface area contributed by atoms with E-state index in [0.717, 1.165) is 24.5 Å². The number of thiazole rings is 1. The van der Waals surface area contributed by atoms with Gasteiger partial charge < -0.3 is 10.6 Å². The molecule has 1 aliphatic rings. The van der Waals surface area contributed by atoms with E-state index < -0.39 is 0 Å². The smallest absolute Gasteiger partial charge is 0.271 e. The van der Waals surface area contributed by atoms with E-state index >= 15 is 0 Å². The van der Waals surface area contributed by atoms with Gasteiger partial charge in [-0.15, -0.1) is 11.3 Å². The molecule has 1 aromatic heterocycles. The van der Waals surface area contributed by atoms with E-state index in [0.29, 0.717) is 17.5 Å². The van der Waals surface area contributed by atoms with Crippen LogP contribution >= 0.6 is 11.3 Å². The Morgan fingerprint density at radius 1 is 1.61 bits per heavy atom. The molecule has 18 heavy (non-hydrogen) atoms. The third kappa shape index (κ3) is 3.09. The van der Waals surface area contributed by atoms with Gasteiger partial charge in [-0.2, -0.15) is 0 Å². The summed E-state index contributed by atoms with van der Waals surface area (Å²) in [7, 11) is 0. The maximum atomic E-state index is 12.1. The van der Waals surface area contributed by atoms with E-state index in [9.17, 15) is 4.79 Å². The van der Waals surface area contributed by atoms with Gasteiger partial charge in [0, 0.05) is 23.9 Å². The van der Waals surface area contributed by atoms with E-state index in [1.165, 1.54) is 0 Å². The number of hydrogen-bond donors (Lipinski definition) is 2. The van der Waals surface area contributed by atoms with Crippen LogP contribution in [0.5, 0.6) is 0 Å². The first-order chi connectivity index (χ1) is 8.58. The SMILES string of the molecule is CC(C)c1nc(C(=O)NC2CNCCC2C)cs1. The topological polar surface area (TPSA) is 54.0 Å². The van der Waals surface area contributed by atoms with Gasteiger partial charge in [0.1, 0.15) is 5.69 Å². The normalized spacial score (nSPS) is 24.2. The van der Waals surface area contributed by atoms with Gasteiger partial charge in [0.25, 0.3) is 5.91 Å². The highest BCUT2D eigenvalue weighted by molar-refractivity contribution is 7.09. The highest BCUT2D eigenvalue weighted by Crippen LogP contribution is 2.19. The molecule has 100 valence electrons. The van der Waals surface area contributed by atoms with Crippen LogP contribution in [-0.4, -0.2) is 30.0 Å². The molecular weight excluding hydrogens is 246 g/mol. The molecule has 2 heterocycles. The molecule has 1 amide bonds. The van der Waals surface area contributed by atoms with Gasteiger partial charge in [0.15, 0.2) is 0 Å². The standard InChI is InChI=1S/C13H21N3OS/c1-8(2)13-16-11(7-18-13)12(17)15-10-6-14-5-4-9(10)3/h7-10,14H,4-6H2,1-3H3,(H,15,17). The summed E-state index contributed by atoms with van der Waals surface area (Å²) in [6.07, 6.45) is 1.11. The van der Waals surface area contributed by atoms with Gasteiger partial charge in [0.05, 0.1) is 5.01 Å². The summed E-state index contributed by atoms with van der Waals surface area (Å²) >= 11 is 1.56.